The Morgan fingerprint density at radius 2 is 1.58 bits per heavy atom. The van der Waals surface area contributed by atoms with E-state index in [1.54, 1.807) is 0 Å². The summed E-state index contributed by atoms with van der Waals surface area (Å²) in [5.74, 6) is 0.0853. The number of hydrogen-bond acceptors (Lipinski definition) is 4. The maximum absolute atomic E-state index is 12.7. The molecular weight excluding hydrogens is 388 g/mol. The summed E-state index contributed by atoms with van der Waals surface area (Å²) in [4.78, 5) is 32.1. The number of benzene rings is 1. The lowest BCUT2D eigenvalue weighted by molar-refractivity contribution is -0.142. The molecule has 1 aromatic rings. The van der Waals surface area contributed by atoms with E-state index in [0.29, 0.717) is 13.1 Å². The monoisotopic (exact) mass is 428 g/mol. The first-order chi connectivity index (χ1) is 14.8. The van der Waals surface area contributed by atoms with Crippen LogP contribution in [0.4, 0.5) is 0 Å². The lowest BCUT2D eigenvalue weighted by Gasteiger charge is -2.35. The van der Waals surface area contributed by atoms with Crippen molar-refractivity contribution < 1.29 is 9.59 Å². The minimum Gasteiger partial charge on any atom is -0.352 e. The largest absolute Gasteiger partial charge is 0.352 e. The zero-order valence-electron chi connectivity index (χ0n) is 19.8. The summed E-state index contributed by atoms with van der Waals surface area (Å²) >= 11 is 0. The van der Waals surface area contributed by atoms with E-state index in [2.05, 4.69) is 46.3 Å². The number of likely N-dealkylation sites (N-methyl/N-ethyl adjacent to an activating group) is 1. The maximum Gasteiger partial charge on any atom is 0.227 e. The first-order valence-corrected chi connectivity index (χ1v) is 11.9. The van der Waals surface area contributed by atoms with Crippen LogP contribution in [-0.4, -0.2) is 72.3 Å². The van der Waals surface area contributed by atoms with Crippen molar-refractivity contribution in [3.63, 3.8) is 0 Å². The second-order valence-corrected chi connectivity index (χ2v) is 10.1. The van der Waals surface area contributed by atoms with Gasteiger partial charge < -0.3 is 15.1 Å². The van der Waals surface area contributed by atoms with Crippen LogP contribution in [0, 0.1) is 11.3 Å². The van der Waals surface area contributed by atoms with Gasteiger partial charge in [0.15, 0.2) is 0 Å². The molecule has 31 heavy (non-hydrogen) atoms. The summed E-state index contributed by atoms with van der Waals surface area (Å²) in [7, 11) is 0. The summed E-state index contributed by atoms with van der Waals surface area (Å²) in [5, 5.41) is 3.09. The van der Waals surface area contributed by atoms with E-state index >= 15 is 0 Å². The smallest absolute Gasteiger partial charge is 0.227 e. The van der Waals surface area contributed by atoms with Crippen LogP contribution in [0.15, 0.2) is 24.3 Å². The van der Waals surface area contributed by atoms with Gasteiger partial charge in [-0.05, 0) is 30.5 Å². The van der Waals surface area contributed by atoms with E-state index in [1.165, 1.54) is 5.56 Å². The fourth-order valence-corrected chi connectivity index (χ4v) is 4.47. The van der Waals surface area contributed by atoms with E-state index in [9.17, 15) is 9.59 Å². The first-order valence-electron chi connectivity index (χ1n) is 11.9. The van der Waals surface area contributed by atoms with Gasteiger partial charge in [0, 0.05) is 57.8 Å². The van der Waals surface area contributed by atoms with Gasteiger partial charge in [-0.25, -0.2) is 0 Å². The molecule has 2 fully saturated rings. The van der Waals surface area contributed by atoms with Crippen molar-refractivity contribution in [1.82, 2.24) is 20.0 Å². The highest BCUT2D eigenvalue weighted by atomic mass is 16.2. The van der Waals surface area contributed by atoms with E-state index in [1.807, 2.05) is 25.7 Å². The fraction of sp³-hybridized carbons (Fsp3) is 0.680. The van der Waals surface area contributed by atoms with Gasteiger partial charge in [0.1, 0.15) is 0 Å². The third-order valence-corrected chi connectivity index (χ3v) is 6.53. The van der Waals surface area contributed by atoms with Crippen LogP contribution in [0.2, 0.25) is 0 Å². The van der Waals surface area contributed by atoms with Crippen molar-refractivity contribution in [2.75, 3.05) is 45.8 Å². The Hall–Kier alpha value is -1.92. The lowest BCUT2D eigenvalue weighted by Crippen LogP contribution is -2.48. The van der Waals surface area contributed by atoms with Crippen LogP contribution in [0.25, 0.3) is 0 Å². The molecule has 0 aromatic heterocycles. The second kappa shape index (κ2) is 10.6. The fourth-order valence-electron chi connectivity index (χ4n) is 4.47. The predicted octanol–water partition coefficient (Wildman–Crippen LogP) is 2.73. The number of nitrogens with zero attached hydrogens (tertiary/aromatic N) is 3. The number of amides is 2. The highest BCUT2D eigenvalue weighted by Gasteiger charge is 2.33. The molecule has 2 aliphatic rings. The quantitative estimate of drug-likeness (QED) is 0.757. The molecule has 1 N–H and O–H groups in total. The molecular formula is C25H40N4O2. The summed E-state index contributed by atoms with van der Waals surface area (Å²) in [6.45, 7) is 16.6. The standard InChI is InChI=1S/C25H40N4O2/c1-5-27-13-15-28(16-14-27)18-21-10-8-20(9-11-21)17-26-23(30)22-7-6-12-29(19-22)24(31)25(2,3)4/h8-11,22H,5-7,12-19H2,1-4H3,(H,26,30). The molecule has 2 saturated heterocycles. The van der Waals surface area contributed by atoms with E-state index in [4.69, 9.17) is 0 Å². The van der Waals surface area contributed by atoms with E-state index < -0.39 is 5.41 Å². The number of likely N-dealkylation sites (tertiary alicyclic amines) is 1. The molecule has 0 radical (unpaired) electrons. The van der Waals surface area contributed by atoms with Gasteiger partial charge in [-0.3, -0.25) is 14.5 Å². The molecule has 2 heterocycles. The van der Waals surface area contributed by atoms with E-state index in [-0.39, 0.29) is 17.7 Å². The topological polar surface area (TPSA) is 55.9 Å². The van der Waals surface area contributed by atoms with Crippen molar-refractivity contribution in [1.29, 1.82) is 0 Å². The van der Waals surface area contributed by atoms with Crippen LogP contribution < -0.4 is 5.32 Å². The highest BCUT2D eigenvalue weighted by molar-refractivity contribution is 5.83. The molecule has 1 unspecified atom stereocenters. The summed E-state index contributed by atoms with van der Waals surface area (Å²) in [5.41, 5.74) is 2.04. The average molecular weight is 429 g/mol. The maximum atomic E-state index is 12.7. The average Bonchev–Trinajstić information content (AvgIpc) is 2.78. The molecule has 0 bridgehead atoms. The Balaban J connectivity index is 1.44. The van der Waals surface area contributed by atoms with E-state index in [0.717, 1.165) is 64.2 Å². The Bertz CT molecular complexity index is 733. The highest BCUT2D eigenvalue weighted by Crippen LogP contribution is 2.23. The molecule has 6 heteroatoms. The van der Waals surface area contributed by atoms with Crippen LogP contribution in [0.1, 0.15) is 51.7 Å². The molecule has 0 aliphatic carbocycles. The Kier molecular flexibility index (Phi) is 8.11. The van der Waals surface area contributed by atoms with Crippen molar-refractivity contribution in [3.05, 3.63) is 35.4 Å². The molecule has 1 atom stereocenters. The van der Waals surface area contributed by atoms with Crippen molar-refractivity contribution in [3.8, 4) is 0 Å². The summed E-state index contributed by atoms with van der Waals surface area (Å²) in [6, 6.07) is 8.60. The second-order valence-electron chi connectivity index (χ2n) is 10.1. The van der Waals surface area contributed by atoms with Crippen molar-refractivity contribution in [2.24, 2.45) is 11.3 Å². The number of rotatable bonds is 6. The Labute approximate surface area is 188 Å². The van der Waals surface area contributed by atoms with Crippen LogP contribution in [0.5, 0.6) is 0 Å². The molecule has 172 valence electrons. The molecule has 6 nitrogen and oxygen atoms in total. The molecule has 3 rings (SSSR count). The number of carbonyl (C=O) groups excluding carboxylic acids is 2. The van der Waals surface area contributed by atoms with Gasteiger partial charge >= 0.3 is 0 Å². The molecule has 1 aromatic carbocycles. The molecule has 0 spiro atoms. The predicted molar refractivity (Wildman–Crippen MR) is 124 cm³/mol. The third kappa shape index (κ3) is 6.78. The van der Waals surface area contributed by atoms with Crippen LogP contribution >= 0.6 is 0 Å². The number of piperidine rings is 1. The summed E-state index contributed by atoms with van der Waals surface area (Å²) in [6.07, 6.45) is 1.74. The first kappa shape index (κ1) is 23.7. The number of nitrogens with one attached hydrogen (secondary N) is 1. The number of carbonyl (C=O) groups is 2. The van der Waals surface area contributed by atoms with Gasteiger partial charge in [0.2, 0.25) is 11.8 Å². The van der Waals surface area contributed by atoms with Gasteiger partial charge in [0.25, 0.3) is 0 Å². The Morgan fingerprint density at radius 1 is 0.968 bits per heavy atom. The van der Waals surface area contributed by atoms with Gasteiger partial charge in [-0.1, -0.05) is 52.0 Å². The van der Waals surface area contributed by atoms with Gasteiger partial charge in [-0.15, -0.1) is 0 Å². The SMILES string of the molecule is CCN1CCN(Cc2ccc(CNC(=O)C3CCCN(C(=O)C(C)(C)C)C3)cc2)CC1. The normalized spacial score (nSPS) is 21.2. The molecule has 0 saturated carbocycles. The summed E-state index contributed by atoms with van der Waals surface area (Å²) < 4.78 is 0. The lowest BCUT2D eigenvalue weighted by atomic mass is 9.91. The van der Waals surface area contributed by atoms with Crippen LogP contribution in [-0.2, 0) is 22.7 Å². The minimum absolute atomic E-state index is 0.0595. The van der Waals surface area contributed by atoms with Crippen molar-refractivity contribution in [2.45, 2.75) is 53.6 Å². The minimum atomic E-state index is -0.399. The Morgan fingerprint density at radius 3 is 2.19 bits per heavy atom. The van der Waals surface area contributed by atoms with Gasteiger partial charge in [0.05, 0.1) is 5.92 Å². The zero-order valence-corrected chi connectivity index (χ0v) is 19.8. The van der Waals surface area contributed by atoms with Crippen LogP contribution in [0.3, 0.4) is 0 Å². The number of piperazine rings is 1. The molecule has 2 amide bonds. The van der Waals surface area contributed by atoms with Crippen molar-refractivity contribution >= 4 is 11.8 Å². The number of hydrogen-bond donors (Lipinski definition) is 1. The van der Waals surface area contributed by atoms with Gasteiger partial charge in [-0.2, -0.15) is 0 Å². The molecule has 2 aliphatic heterocycles. The third-order valence-electron chi connectivity index (χ3n) is 6.53. The zero-order chi connectivity index (χ0) is 22.4.